The highest BCUT2D eigenvalue weighted by Gasteiger charge is 2.03. The zero-order valence-electron chi connectivity index (χ0n) is 10.3. The number of nitrogens with zero attached hydrogens (tertiary/aromatic N) is 2. The van der Waals surface area contributed by atoms with Crippen molar-refractivity contribution >= 4 is 5.97 Å². The van der Waals surface area contributed by atoms with Crippen molar-refractivity contribution in [1.82, 2.24) is 9.55 Å². The molecule has 1 N–H and O–H groups in total. The zero-order chi connectivity index (χ0) is 13.0. The van der Waals surface area contributed by atoms with Crippen LogP contribution in [0.25, 0.3) is 11.4 Å². The number of rotatable bonds is 5. The average molecular weight is 244 g/mol. The number of carboxylic acids is 1. The minimum absolute atomic E-state index is 0.223. The Morgan fingerprint density at radius 2 is 2.06 bits per heavy atom. The molecular formula is C14H16N2O2. The van der Waals surface area contributed by atoms with Crippen LogP contribution in [-0.4, -0.2) is 20.6 Å². The van der Waals surface area contributed by atoms with Gasteiger partial charge in [-0.1, -0.05) is 24.3 Å². The Hall–Kier alpha value is -2.10. The standard InChI is InChI=1S/C14H16N2O2/c1-16-10-9-15-14(16)12-7-5-11(6-8-12)3-2-4-13(17)18/h5-10H,2-4H2,1H3,(H,17,18). The molecule has 0 saturated heterocycles. The molecule has 1 heterocycles. The molecule has 4 nitrogen and oxygen atoms in total. The van der Waals surface area contributed by atoms with Gasteiger partial charge in [-0.25, -0.2) is 4.98 Å². The second kappa shape index (κ2) is 5.49. The van der Waals surface area contributed by atoms with Crippen LogP contribution >= 0.6 is 0 Å². The molecule has 4 heteroatoms. The zero-order valence-corrected chi connectivity index (χ0v) is 10.3. The monoisotopic (exact) mass is 244 g/mol. The van der Waals surface area contributed by atoms with E-state index in [1.54, 1.807) is 6.20 Å². The van der Waals surface area contributed by atoms with Crippen molar-refractivity contribution in [3.8, 4) is 11.4 Å². The molecule has 0 aliphatic rings. The van der Waals surface area contributed by atoms with E-state index in [1.165, 1.54) is 0 Å². The summed E-state index contributed by atoms with van der Waals surface area (Å²) >= 11 is 0. The van der Waals surface area contributed by atoms with Gasteiger partial charge in [0.15, 0.2) is 0 Å². The smallest absolute Gasteiger partial charge is 0.303 e. The molecular weight excluding hydrogens is 228 g/mol. The third kappa shape index (κ3) is 2.97. The molecule has 0 bridgehead atoms. The van der Waals surface area contributed by atoms with Gasteiger partial charge in [0.1, 0.15) is 5.82 Å². The van der Waals surface area contributed by atoms with E-state index >= 15 is 0 Å². The Bertz CT molecular complexity index is 529. The summed E-state index contributed by atoms with van der Waals surface area (Å²) in [5.74, 6) is 0.201. The summed E-state index contributed by atoms with van der Waals surface area (Å²) in [5, 5.41) is 8.58. The van der Waals surface area contributed by atoms with E-state index in [2.05, 4.69) is 4.98 Å². The summed E-state index contributed by atoms with van der Waals surface area (Å²) in [6, 6.07) is 8.12. The summed E-state index contributed by atoms with van der Waals surface area (Å²) in [6.45, 7) is 0. The lowest BCUT2D eigenvalue weighted by Gasteiger charge is -2.04. The van der Waals surface area contributed by atoms with Crippen LogP contribution in [0.5, 0.6) is 0 Å². The van der Waals surface area contributed by atoms with Crippen molar-refractivity contribution in [3.05, 3.63) is 42.2 Å². The fourth-order valence-corrected chi connectivity index (χ4v) is 1.91. The summed E-state index contributed by atoms with van der Waals surface area (Å²) in [7, 11) is 1.96. The van der Waals surface area contributed by atoms with E-state index in [4.69, 9.17) is 5.11 Å². The van der Waals surface area contributed by atoms with Crippen molar-refractivity contribution in [2.45, 2.75) is 19.3 Å². The second-order valence-electron chi connectivity index (χ2n) is 4.31. The van der Waals surface area contributed by atoms with E-state index in [0.717, 1.165) is 23.4 Å². The summed E-state index contributed by atoms with van der Waals surface area (Å²) < 4.78 is 1.97. The SMILES string of the molecule is Cn1ccnc1-c1ccc(CCCC(=O)O)cc1. The molecule has 2 rings (SSSR count). The number of carbonyl (C=O) groups is 1. The van der Waals surface area contributed by atoms with Gasteiger partial charge in [0.05, 0.1) is 0 Å². The highest BCUT2D eigenvalue weighted by atomic mass is 16.4. The van der Waals surface area contributed by atoms with Crippen LogP contribution in [0.15, 0.2) is 36.7 Å². The largest absolute Gasteiger partial charge is 0.481 e. The molecule has 0 radical (unpaired) electrons. The lowest BCUT2D eigenvalue weighted by atomic mass is 10.1. The van der Waals surface area contributed by atoms with Gasteiger partial charge in [0.2, 0.25) is 0 Å². The Morgan fingerprint density at radius 3 is 2.61 bits per heavy atom. The average Bonchev–Trinajstić information content (AvgIpc) is 2.76. The first-order valence-electron chi connectivity index (χ1n) is 5.95. The molecule has 0 atom stereocenters. The van der Waals surface area contributed by atoms with Gasteiger partial charge in [-0.2, -0.15) is 0 Å². The van der Waals surface area contributed by atoms with Gasteiger partial charge in [0.25, 0.3) is 0 Å². The molecule has 0 aliphatic heterocycles. The van der Waals surface area contributed by atoms with Crippen molar-refractivity contribution < 1.29 is 9.90 Å². The predicted octanol–water partition coefficient (Wildman–Crippen LogP) is 2.49. The maximum atomic E-state index is 10.4. The van der Waals surface area contributed by atoms with E-state index < -0.39 is 5.97 Å². The molecule has 0 saturated carbocycles. The van der Waals surface area contributed by atoms with Gasteiger partial charge in [0, 0.05) is 31.4 Å². The molecule has 94 valence electrons. The fourth-order valence-electron chi connectivity index (χ4n) is 1.91. The van der Waals surface area contributed by atoms with Crippen LogP contribution in [0.3, 0.4) is 0 Å². The third-order valence-corrected chi connectivity index (χ3v) is 2.89. The topological polar surface area (TPSA) is 55.1 Å². The lowest BCUT2D eigenvalue weighted by molar-refractivity contribution is -0.137. The van der Waals surface area contributed by atoms with Crippen LogP contribution in [-0.2, 0) is 18.3 Å². The first-order chi connectivity index (χ1) is 8.66. The number of carboxylic acid groups (broad SMARTS) is 1. The Kier molecular flexibility index (Phi) is 3.77. The van der Waals surface area contributed by atoms with Gasteiger partial charge in [-0.15, -0.1) is 0 Å². The molecule has 2 aromatic rings. The lowest BCUT2D eigenvalue weighted by Crippen LogP contribution is -1.96. The van der Waals surface area contributed by atoms with Crippen molar-refractivity contribution in [2.75, 3.05) is 0 Å². The number of hydrogen-bond donors (Lipinski definition) is 1. The van der Waals surface area contributed by atoms with Crippen molar-refractivity contribution in [1.29, 1.82) is 0 Å². The molecule has 0 aliphatic carbocycles. The summed E-state index contributed by atoms with van der Waals surface area (Å²) in [4.78, 5) is 14.7. The number of hydrogen-bond acceptors (Lipinski definition) is 2. The summed E-state index contributed by atoms with van der Waals surface area (Å²) in [5.41, 5.74) is 2.23. The highest BCUT2D eigenvalue weighted by molar-refractivity contribution is 5.66. The van der Waals surface area contributed by atoms with Crippen molar-refractivity contribution in [3.63, 3.8) is 0 Å². The molecule has 18 heavy (non-hydrogen) atoms. The first kappa shape index (κ1) is 12.4. The second-order valence-corrected chi connectivity index (χ2v) is 4.31. The van der Waals surface area contributed by atoms with Gasteiger partial charge >= 0.3 is 5.97 Å². The number of aromatic nitrogens is 2. The van der Waals surface area contributed by atoms with E-state index in [1.807, 2.05) is 42.1 Å². The number of aliphatic carboxylic acids is 1. The van der Waals surface area contributed by atoms with E-state index in [0.29, 0.717) is 6.42 Å². The highest BCUT2D eigenvalue weighted by Crippen LogP contribution is 2.17. The van der Waals surface area contributed by atoms with Gasteiger partial charge in [-0.3, -0.25) is 4.79 Å². The fraction of sp³-hybridized carbons (Fsp3) is 0.286. The summed E-state index contributed by atoms with van der Waals surface area (Å²) in [6.07, 6.45) is 5.39. The molecule has 0 amide bonds. The van der Waals surface area contributed by atoms with Gasteiger partial charge < -0.3 is 9.67 Å². The maximum Gasteiger partial charge on any atom is 0.303 e. The Labute approximate surface area is 106 Å². The van der Waals surface area contributed by atoms with Crippen LogP contribution in [0, 0.1) is 0 Å². The molecule has 0 spiro atoms. The molecule has 1 aromatic heterocycles. The van der Waals surface area contributed by atoms with E-state index in [9.17, 15) is 4.79 Å². The van der Waals surface area contributed by atoms with Gasteiger partial charge in [-0.05, 0) is 18.4 Å². The number of imidazole rings is 1. The minimum atomic E-state index is -0.736. The predicted molar refractivity (Wildman–Crippen MR) is 69.2 cm³/mol. The van der Waals surface area contributed by atoms with Crippen molar-refractivity contribution in [2.24, 2.45) is 7.05 Å². The normalized spacial score (nSPS) is 10.5. The molecule has 1 aromatic carbocycles. The van der Waals surface area contributed by atoms with Crippen LogP contribution < -0.4 is 0 Å². The molecule has 0 unspecified atom stereocenters. The Balaban J connectivity index is 2.02. The number of aryl methyl sites for hydroxylation is 2. The molecule has 0 fully saturated rings. The quantitative estimate of drug-likeness (QED) is 0.879. The maximum absolute atomic E-state index is 10.4. The number of benzene rings is 1. The van der Waals surface area contributed by atoms with Crippen LogP contribution in [0.1, 0.15) is 18.4 Å². The first-order valence-corrected chi connectivity index (χ1v) is 5.95. The minimum Gasteiger partial charge on any atom is -0.481 e. The Morgan fingerprint density at radius 1 is 1.33 bits per heavy atom. The van der Waals surface area contributed by atoms with Crippen LogP contribution in [0.4, 0.5) is 0 Å². The third-order valence-electron chi connectivity index (χ3n) is 2.89. The van der Waals surface area contributed by atoms with E-state index in [-0.39, 0.29) is 6.42 Å². The van der Waals surface area contributed by atoms with Crippen LogP contribution in [0.2, 0.25) is 0 Å².